The van der Waals surface area contributed by atoms with Gasteiger partial charge in [0.15, 0.2) is 5.96 Å². The Labute approximate surface area is 117 Å². The molecule has 0 atom stereocenters. The van der Waals surface area contributed by atoms with Crippen LogP contribution in [0.15, 0.2) is 29.3 Å². The van der Waals surface area contributed by atoms with Gasteiger partial charge in [-0.15, -0.1) is 0 Å². The minimum Gasteiger partial charge on any atom is -0.357 e. The van der Waals surface area contributed by atoms with Crippen LogP contribution in [0.5, 0.6) is 0 Å². The maximum absolute atomic E-state index is 12.4. The molecular weight excluding hydrogens is 267 g/mol. The van der Waals surface area contributed by atoms with E-state index in [1.165, 1.54) is 12.1 Å². The van der Waals surface area contributed by atoms with E-state index < -0.39 is 11.7 Å². The minimum absolute atomic E-state index is 0.344. The lowest BCUT2D eigenvalue weighted by atomic mass is 10.1. The first-order valence-corrected chi connectivity index (χ1v) is 6.65. The lowest BCUT2D eigenvalue weighted by Crippen LogP contribution is -2.37. The number of hydrogen-bond acceptors (Lipinski definition) is 1. The van der Waals surface area contributed by atoms with Gasteiger partial charge in [-0.1, -0.05) is 19.1 Å². The van der Waals surface area contributed by atoms with Gasteiger partial charge in [0, 0.05) is 13.1 Å². The summed E-state index contributed by atoms with van der Waals surface area (Å²) in [6.07, 6.45) is -3.32. The fourth-order valence-corrected chi connectivity index (χ4v) is 1.55. The quantitative estimate of drug-likeness (QED) is 0.644. The summed E-state index contributed by atoms with van der Waals surface area (Å²) >= 11 is 0. The molecule has 0 aromatic heterocycles. The molecule has 0 aliphatic carbocycles. The Morgan fingerprint density at radius 3 is 2.25 bits per heavy atom. The smallest absolute Gasteiger partial charge is 0.357 e. The average Bonchev–Trinajstić information content (AvgIpc) is 2.41. The molecule has 112 valence electrons. The van der Waals surface area contributed by atoms with E-state index in [0.717, 1.165) is 37.2 Å². The molecule has 0 spiro atoms. The highest BCUT2D eigenvalue weighted by molar-refractivity contribution is 5.79. The van der Waals surface area contributed by atoms with E-state index in [2.05, 4.69) is 15.6 Å². The predicted molar refractivity (Wildman–Crippen MR) is 74.6 cm³/mol. The molecule has 1 aromatic carbocycles. The molecule has 1 rings (SSSR count). The zero-order chi connectivity index (χ0) is 15.0. The van der Waals surface area contributed by atoms with Crippen LogP contribution in [0.4, 0.5) is 13.2 Å². The zero-order valence-electron chi connectivity index (χ0n) is 11.7. The number of nitrogens with one attached hydrogen (secondary N) is 2. The van der Waals surface area contributed by atoms with Gasteiger partial charge in [-0.05, 0) is 31.0 Å². The number of benzene rings is 1. The molecule has 0 saturated carbocycles. The summed E-state index contributed by atoms with van der Waals surface area (Å²) in [5, 5.41) is 6.22. The van der Waals surface area contributed by atoms with Crippen molar-refractivity contribution >= 4 is 5.96 Å². The summed E-state index contributed by atoms with van der Waals surface area (Å²) in [7, 11) is 0. The van der Waals surface area contributed by atoms with Gasteiger partial charge in [-0.3, -0.25) is 0 Å². The van der Waals surface area contributed by atoms with Crippen molar-refractivity contribution in [2.45, 2.75) is 33.0 Å². The molecule has 0 unspecified atom stereocenters. The molecule has 0 heterocycles. The number of guanidine groups is 1. The van der Waals surface area contributed by atoms with E-state index in [1.807, 2.05) is 13.8 Å². The molecule has 0 saturated heterocycles. The summed E-state index contributed by atoms with van der Waals surface area (Å²) in [6.45, 7) is 5.90. The predicted octanol–water partition coefficient (Wildman–Crippen LogP) is 3.17. The van der Waals surface area contributed by atoms with Gasteiger partial charge in [0.05, 0.1) is 12.1 Å². The Hall–Kier alpha value is -1.72. The number of alkyl halides is 3. The summed E-state index contributed by atoms with van der Waals surface area (Å²) in [4.78, 5) is 4.33. The third-order valence-electron chi connectivity index (χ3n) is 2.59. The van der Waals surface area contributed by atoms with Gasteiger partial charge in [0.2, 0.25) is 0 Å². The molecule has 6 heteroatoms. The van der Waals surface area contributed by atoms with Crippen LogP contribution in [0.3, 0.4) is 0 Å². The highest BCUT2D eigenvalue weighted by atomic mass is 19.4. The van der Waals surface area contributed by atoms with Crippen molar-refractivity contribution in [3.05, 3.63) is 35.4 Å². The summed E-state index contributed by atoms with van der Waals surface area (Å²) in [5.41, 5.74) is 0.105. The molecule has 20 heavy (non-hydrogen) atoms. The van der Waals surface area contributed by atoms with Gasteiger partial charge in [0.1, 0.15) is 0 Å². The maximum atomic E-state index is 12.4. The van der Waals surface area contributed by atoms with Crippen LogP contribution in [-0.2, 0) is 12.7 Å². The largest absolute Gasteiger partial charge is 0.416 e. The summed E-state index contributed by atoms with van der Waals surface area (Å²) in [5.74, 6) is 0.675. The second-order valence-electron chi connectivity index (χ2n) is 4.32. The first-order valence-electron chi connectivity index (χ1n) is 6.65. The lowest BCUT2D eigenvalue weighted by Gasteiger charge is -2.10. The number of nitrogens with zero attached hydrogens (tertiary/aromatic N) is 1. The average molecular weight is 287 g/mol. The van der Waals surface area contributed by atoms with Crippen LogP contribution in [0.1, 0.15) is 31.4 Å². The van der Waals surface area contributed by atoms with E-state index in [0.29, 0.717) is 12.5 Å². The third kappa shape index (κ3) is 5.50. The number of hydrogen-bond donors (Lipinski definition) is 2. The number of aliphatic imine (C=N–C) groups is 1. The molecular formula is C14H20F3N3. The van der Waals surface area contributed by atoms with Crippen LogP contribution >= 0.6 is 0 Å². The fraction of sp³-hybridized carbons (Fsp3) is 0.500. The third-order valence-corrected chi connectivity index (χ3v) is 2.59. The highest BCUT2D eigenvalue weighted by Gasteiger charge is 2.29. The molecule has 0 amide bonds. The molecule has 0 fully saturated rings. The maximum Gasteiger partial charge on any atom is 0.416 e. The fourth-order valence-electron chi connectivity index (χ4n) is 1.55. The van der Waals surface area contributed by atoms with Crippen LogP contribution in [0, 0.1) is 0 Å². The van der Waals surface area contributed by atoms with Crippen molar-refractivity contribution in [3.63, 3.8) is 0 Å². The number of rotatable bonds is 5. The normalized spacial score (nSPS) is 12.3. The van der Waals surface area contributed by atoms with Crippen molar-refractivity contribution in [1.29, 1.82) is 0 Å². The standard InChI is InChI=1S/C14H20F3N3/c1-3-9-19-13(18-4-2)20-10-11-5-7-12(8-6-11)14(15,16)17/h5-8H,3-4,9-10H2,1-2H3,(H2,18,19,20). The second kappa shape index (κ2) is 7.77. The molecule has 1 aromatic rings. The SMILES string of the molecule is CCCNC(=NCc1ccc(C(F)(F)F)cc1)NCC. The van der Waals surface area contributed by atoms with Gasteiger partial charge >= 0.3 is 6.18 Å². The van der Waals surface area contributed by atoms with Crippen LogP contribution in [-0.4, -0.2) is 19.0 Å². The van der Waals surface area contributed by atoms with Gasteiger partial charge in [-0.25, -0.2) is 4.99 Å². The minimum atomic E-state index is -4.29. The van der Waals surface area contributed by atoms with Crippen molar-refractivity contribution in [2.24, 2.45) is 4.99 Å². The molecule has 0 bridgehead atoms. The van der Waals surface area contributed by atoms with E-state index in [9.17, 15) is 13.2 Å². The van der Waals surface area contributed by atoms with Crippen LogP contribution in [0.25, 0.3) is 0 Å². The van der Waals surface area contributed by atoms with Crippen LogP contribution in [0.2, 0.25) is 0 Å². The number of halogens is 3. The lowest BCUT2D eigenvalue weighted by molar-refractivity contribution is -0.137. The molecule has 0 aliphatic rings. The second-order valence-corrected chi connectivity index (χ2v) is 4.32. The van der Waals surface area contributed by atoms with Crippen LogP contribution < -0.4 is 10.6 Å². The first-order chi connectivity index (χ1) is 9.47. The molecule has 0 aliphatic heterocycles. The van der Waals surface area contributed by atoms with E-state index in [1.54, 1.807) is 0 Å². The van der Waals surface area contributed by atoms with Crippen molar-refractivity contribution in [2.75, 3.05) is 13.1 Å². The Balaban J connectivity index is 2.66. The van der Waals surface area contributed by atoms with Crippen molar-refractivity contribution in [3.8, 4) is 0 Å². The monoisotopic (exact) mass is 287 g/mol. The van der Waals surface area contributed by atoms with E-state index in [4.69, 9.17) is 0 Å². The highest BCUT2D eigenvalue weighted by Crippen LogP contribution is 2.29. The summed E-state index contributed by atoms with van der Waals surface area (Å²) in [6, 6.07) is 5.07. The van der Waals surface area contributed by atoms with Crippen molar-refractivity contribution < 1.29 is 13.2 Å². The Morgan fingerprint density at radius 1 is 1.10 bits per heavy atom. The Morgan fingerprint density at radius 2 is 1.75 bits per heavy atom. The van der Waals surface area contributed by atoms with Crippen molar-refractivity contribution in [1.82, 2.24) is 10.6 Å². The van der Waals surface area contributed by atoms with Gasteiger partial charge < -0.3 is 10.6 Å². The Bertz CT molecular complexity index is 424. The molecule has 3 nitrogen and oxygen atoms in total. The van der Waals surface area contributed by atoms with E-state index >= 15 is 0 Å². The first kappa shape index (κ1) is 16.3. The van der Waals surface area contributed by atoms with E-state index in [-0.39, 0.29) is 0 Å². The Kier molecular flexibility index (Phi) is 6.35. The molecule has 0 radical (unpaired) electrons. The van der Waals surface area contributed by atoms with Gasteiger partial charge in [0.25, 0.3) is 0 Å². The topological polar surface area (TPSA) is 36.4 Å². The van der Waals surface area contributed by atoms with Gasteiger partial charge in [-0.2, -0.15) is 13.2 Å². The molecule has 2 N–H and O–H groups in total. The zero-order valence-corrected chi connectivity index (χ0v) is 11.7. The summed E-state index contributed by atoms with van der Waals surface area (Å²) < 4.78 is 37.3.